The molecule has 0 bridgehead atoms. The third kappa shape index (κ3) is 5.81. The molecule has 2 amide bonds. The highest BCUT2D eigenvalue weighted by Crippen LogP contribution is 2.31. The molecule has 1 saturated heterocycles. The maximum absolute atomic E-state index is 15.7. The number of benzene rings is 2. The van der Waals surface area contributed by atoms with Crippen molar-refractivity contribution in [3.05, 3.63) is 83.9 Å². The molecule has 1 fully saturated rings. The number of halogens is 3. The molecule has 2 aromatic carbocycles. The Bertz CT molecular complexity index is 1440. The summed E-state index contributed by atoms with van der Waals surface area (Å²) in [5.74, 6) is -2.66. The van der Waals surface area contributed by atoms with Crippen LogP contribution in [0.4, 0.5) is 23.8 Å². The van der Waals surface area contributed by atoms with Crippen molar-refractivity contribution in [2.75, 3.05) is 38.7 Å². The molecule has 2 unspecified atom stereocenters. The van der Waals surface area contributed by atoms with Gasteiger partial charge in [-0.1, -0.05) is 18.2 Å². The van der Waals surface area contributed by atoms with E-state index in [1.165, 1.54) is 27.7 Å². The van der Waals surface area contributed by atoms with Crippen LogP contribution in [-0.2, 0) is 11.8 Å². The van der Waals surface area contributed by atoms with Crippen molar-refractivity contribution in [3.63, 3.8) is 0 Å². The molecule has 4 aromatic rings. The van der Waals surface area contributed by atoms with Crippen molar-refractivity contribution in [2.45, 2.75) is 12.0 Å². The van der Waals surface area contributed by atoms with Gasteiger partial charge in [0.15, 0.2) is 11.6 Å². The van der Waals surface area contributed by atoms with Gasteiger partial charge in [-0.05, 0) is 29.8 Å². The lowest BCUT2D eigenvalue weighted by Crippen LogP contribution is -2.42. The van der Waals surface area contributed by atoms with E-state index in [4.69, 9.17) is 4.74 Å². The molecule has 2 atom stereocenters. The fourth-order valence-corrected chi connectivity index (χ4v) is 4.86. The zero-order valence-electron chi connectivity index (χ0n) is 21.4. The van der Waals surface area contributed by atoms with E-state index in [9.17, 15) is 13.6 Å². The first-order chi connectivity index (χ1) is 18.8. The molecular weight excluding hydrogens is 511 g/mol. The number of ether oxygens (including phenoxy) is 1. The number of amides is 2. The van der Waals surface area contributed by atoms with Crippen molar-refractivity contribution in [1.82, 2.24) is 29.8 Å². The van der Waals surface area contributed by atoms with Crippen molar-refractivity contribution in [1.29, 1.82) is 0 Å². The number of carbonyl (C=O) groups is 1. The van der Waals surface area contributed by atoms with Gasteiger partial charge in [-0.15, -0.1) is 0 Å². The van der Waals surface area contributed by atoms with Gasteiger partial charge < -0.3 is 10.1 Å². The van der Waals surface area contributed by atoms with Crippen LogP contribution in [0, 0.1) is 17.5 Å². The molecule has 9 nitrogen and oxygen atoms in total. The van der Waals surface area contributed by atoms with E-state index in [0.29, 0.717) is 43.1 Å². The summed E-state index contributed by atoms with van der Waals surface area (Å²) in [7, 11) is 3.30. The second-order valence-corrected chi connectivity index (χ2v) is 9.43. The number of nitrogens with one attached hydrogen (secondary N) is 2. The second kappa shape index (κ2) is 11.3. The van der Waals surface area contributed by atoms with Crippen LogP contribution in [-0.4, -0.2) is 69.9 Å². The van der Waals surface area contributed by atoms with Gasteiger partial charge in [0.2, 0.25) is 0 Å². The van der Waals surface area contributed by atoms with Gasteiger partial charge in [-0.3, -0.25) is 14.9 Å². The van der Waals surface area contributed by atoms with Crippen LogP contribution in [0.3, 0.4) is 0 Å². The van der Waals surface area contributed by atoms with Gasteiger partial charge in [0.05, 0.1) is 24.5 Å². The quantitative estimate of drug-likeness (QED) is 0.354. The van der Waals surface area contributed by atoms with E-state index in [0.717, 1.165) is 6.07 Å². The van der Waals surface area contributed by atoms with Crippen LogP contribution in [0.5, 0.6) is 0 Å². The minimum Gasteiger partial charge on any atom is -0.383 e. The number of aryl methyl sites for hydroxylation is 1. The molecule has 2 N–H and O–H groups in total. The van der Waals surface area contributed by atoms with Crippen molar-refractivity contribution in [3.8, 4) is 16.9 Å². The van der Waals surface area contributed by atoms with Crippen molar-refractivity contribution in [2.24, 2.45) is 7.05 Å². The Kier molecular flexibility index (Phi) is 7.66. The monoisotopic (exact) mass is 539 g/mol. The van der Waals surface area contributed by atoms with Gasteiger partial charge in [0.25, 0.3) is 0 Å². The van der Waals surface area contributed by atoms with Gasteiger partial charge >= 0.3 is 6.03 Å². The molecule has 5 rings (SSSR count). The number of methoxy groups -OCH3 is 1. The smallest absolute Gasteiger partial charge is 0.320 e. The first-order valence-electron chi connectivity index (χ1n) is 12.4. The third-order valence-corrected chi connectivity index (χ3v) is 6.68. The maximum atomic E-state index is 15.7. The van der Waals surface area contributed by atoms with E-state index >= 15 is 4.39 Å². The Morgan fingerprint density at radius 1 is 1.10 bits per heavy atom. The Hall–Kier alpha value is -4.16. The van der Waals surface area contributed by atoms with Crippen LogP contribution >= 0.6 is 0 Å². The van der Waals surface area contributed by atoms with Gasteiger partial charge in [-0.25, -0.2) is 22.6 Å². The van der Waals surface area contributed by atoms with E-state index < -0.39 is 35.4 Å². The fraction of sp³-hybridized carbons (Fsp3) is 0.296. The van der Waals surface area contributed by atoms with Crippen LogP contribution in [0.25, 0.3) is 16.9 Å². The number of hydrogen-bond acceptors (Lipinski definition) is 5. The standard InChI is InChI=1S/C27H28F3N7O2/c1-35-14-18(13-31-35)25-24(30)26(37(34-25)21-6-4-3-5-7-21)33-27(38)32-23-16-36(8-9-39-2)15-22(23)17-10-19(28)12-20(29)11-17/h3-7,10-14,22-23H,8-9,15-16H2,1-2H3,(H2,32,33,38). The minimum atomic E-state index is -0.723. The molecule has 1 aliphatic rings. The molecule has 12 heteroatoms. The SMILES string of the molecule is COCCN1CC(NC(=O)Nc2c(F)c(-c3cnn(C)c3)nn2-c2ccccc2)C(c2cc(F)cc(F)c2)C1. The lowest BCUT2D eigenvalue weighted by molar-refractivity contribution is 0.159. The van der Waals surface area contributed by atoms with Crippen LogP contribution in [0.15, 0.2) is 60.9 Å². The number of carbonyl (C=O) groups excluding carboxylic acids is 1. The number of anilines is 1. The average molecular weight is 540 g/mol. The molecular formula is C27H28F3N7O2. The lowest BCUT2D eigenvalue weighted by Gasteiger charge is -2.21. The number of rotatable bonds is 8. The van der Waals surface area contributed by atoms with E-state index in [1.54, 1.807) is 44.6 Å². The van der Waals surface area contributed by atoms with E-state index in [2.05, 4.69) is 20.8 Å². The lowest BCUT2D eigenvalue weighted by atomic mass is 9.94. The summed E-state index contributed by atoms with van der Waals surface area (Å²) in [6, 6.07) is 11.0. The first kappa shape index (κ1) is 26.4. The zero-order valence-corrected chi connectivity index (χ0v) is 21.4. The Labute approximate surface area is 223 Å². The van der Waals surface area contributed by atoms with E-state index in [-0.39, 0.29) is 11.5 Å². The Morgan fingerprint density at radius 3 is 2.51 bits per heavy atom. The molecule has 204 valence electrons. The summed E-state index contributed by atoms with van der Waals surface area (Å²) in [5.41, 5.74) is 1.45. The molecule has 1 aliphatic heterocycles. The molecule has 0 spiro atoms. The predicted octanol–water partition coefficient (Wildman–Crippen LogP) is 3.93. The number of urea groups is 1. The topological polar surface area (TPSA) is 89.2 Å². The molecule has 0 aliphatic carbocycles. The summed E-state index contributed by atoms with van der Waals surface area (Å²) in [4.78, 5) is 15.3. The highest BCUT2D eigenvalue weighted by atomic mass is 19.1. The Morgan fingerprint density at radius 2 is 1.85 bits per heavy atom. The number of likely N-dealkylation sites (tertiary alicyclic amines) is 1. The molecule has 0 saturated carbocycles. The average Bonchev–Trinajstić information content (AvgIpc) is 3.60. The van der Waals surface area contributed by atoms with Gasteiger partial charge in [-0.2, -0.15) is 10.2 Å². The van der Waals surface area contributed by atoms with Crippen LogP contribution in [0.2, 0.25) is 0 Å². The summed E-state index contributed by atoms with van der Waals surface area (Å²) in [5, 5.41) is 14.0. The highest BCUT2D eigenvalue weighted by Gasteiger charge is 2.35. The van der Waals surface area contributed by atoms with Crippen LogP contribution < -0.4 is 10.6 Å². The van der Waals surface area contributed by atoms with E-state index in [1.807, 2.05) is 11.0 Å². The number of hydrogen-bond donors (Lipinski definition) is 2. The predicted molar refractivity (Wildman–Crippen MR) is 139 cm³/mol. The molecule has 3 heterocycles. The molecule has 2 aromatic heterocycles. The summed E-state index contributed by atoms with van der Waals surface area (Å²) in [6.07, 6.45) is 3.11. The number of nitrogens with zero attached hydrogens (tertiary/aromatic N) is 5. The zero-order chi connectivity index (χ0) is 27.5. The summed E-state index contributed by atoms with van der Waals surface area (Å²) < 4.78 is 51.8. The maximum Gasteiger partial charge on any atom is 0.320 e. The molecule has 0 radical (unpaired) electrons. The first-order valence-corrected chi connectivity index (χ1v) is 12.4. The van der Waals surface area contributed by atoms with Crippen LogP contribution in [0.1, 0.15) is 11.5 Å². The van der Waals surface area contributed by atoms with Gasteiger partial charge in [0, 0.05) is 57.5 Å². The summed E-state index contributed by atoms with van der Waals surface area (Å²) >= 11 is 0. The number of para-hydroxylation sites is 1. The molecule has 39 heavy (non-hydrogen) atoms. The Balaban J connectivity index is 1.42. The van der Waals surface area contributed by atoms with Crippen molar-refractivity contribution >= 4 is 11.8 Å². The second-order valence-electron chi connectivity index (χ2n) is 9.43. The third-order valence-electron chi connectivity index (χ3n) is 6.68. The highest BCUT2D eigenvalue weighted by molar-refractivity contribution is 5.90. The summed E-state index contributed by atoms with van der Waals surface area (Å²) in [6.45, 7) is 1.91. The normalized spacial score (nSPS) is 17.5. The fourth-order valence-electron chi connectivity index (χ4n) is 4.86. The number of aromatic nitrogens is 4. The largest absolute Gasteiger partial charge is 0.383 e. The van der Waals surface area contributed by atoms with Crippen molar-refractivity contribution < 1.29 is 22.7 Å². The minimum absolute atomic E-state index is 0.0296. The van der Waals surface area contributed by atoms with Gasteiger partial charge in [0.1, 0.15) is 17.3 Å².